The summed E-state index contributed by atoms with van der Waals surface area (Å²) in [5, 5.41) is 1.64. The van der Waals surface area contributed by atoms with E-state index >= 15 is 0 Å². The Bertz CT molecular complexity index is 587. The minimum atomic E-state index is 0.966. The molecule has 0 spiro atoms. The molecule has 0 bridgehead atoms. The Balaban J connectivity index is 2.18. The van der Waals surface area contributed by atoms with Crippen LogP contribution in [0.1, 0.15) is 17.5 Å². The third-order valence-electron chi connectivity index (χ3n) is 3.64. The molecule has 1 aliphatic carbocycles. The third kappa shape index (κ3) is 3.95. The number of rotatable bonds is 5. The van der Waals surface area contributed by atoms with Crippen molar-refractivity contribution >= 4 is 13.5 Å². The lowest BCUT2D eigenvalue weighted by Crippen LogP contribution is -2.29. The van der Waals surface area contributed by atoms with Crippen LogP contribution in [-0.2, 0) is 12.8 Å². The van der Waals surface area contributed by atoms with Crippen molar-refractivity contribution in [1.29, 1.82) is 0 Å². The first kappa shape index (κ1) is 15.3. The first-order valence-electron chi connectivity index (χ1n) is 7.19. The van der Waals surface area contributed by atoms with Crippen LogP contribution in [0.3, 0.4) is 0 Å². The van der Waals surface area contributed by atoms with Gasteiger partial charge in [-0.15, -0.1) is 0 Å². The van der Waals surface area contributed by atoms with E-state index in [-0.39, 0.29) is 0 Å². The number of aryl methyl sites for hydroxylation is 1. The van der Waals surface area contributed by atoms with Gasteiger partial charge >= 0.3 is 0 Å². The highest BCUT2D eigenvalue weighted by molar-refractivity contribution is 6.43. The Morgan fingerprint density at radius 3 is 2.81 bits per heavy atom. The van der Waals surface area contributed by atoms with E-state index in [1.807, 2.05) is 6.82 Å². The molecule has 0 aliphatic heterocycles. The molecule has 0 amide bonds. The van der Waals surface area contributed by atoms with Gasteiger partial charge in [0.05, 0.1) is 0 Å². The lowest BCUT2D eigenvalue weighted by atomic mass is 9.71. The van der Waals surface area contributed by atoms with Crippen molar-refractivity contribution in [3.63, 3.8) is 0 Å². The standard InChI is InChI=1S/C17H21BN3/c1-3-10-20-11-12-21(19)17(18-2)16-9-8-14-6-4-5-7-15(14)13-16/h3-7,10-12H,1,8-9,13,19H2,2H3/b12-11-,17-16-,20-10?. The molecule has 0 atom stereocenters. The van der Waals surface area contributed by atoms with Crippen LogP contribution in [0.15, 0.2) is 65.5 Å². The topological polar surface area (TPSA) is 41.6 Å². The van der Waals surface area contributed by atoms with Crippen LogP contribution < -0.4 is 5.84 Å². The molecule has 1 aromatic carbocycles. The van der Waals surface area contributed by atoms with Gasteiger partial charge in [-0.2, -0.15) is 0 Å². The quantitative estimate of drug-likeness (QED) is 0.389. The Labute approximate surface area is 127 Å². The molecule has 1 aromatic rings. The fraction of sp³-hybridized carbons (Fsp3) is 0.235. The van der Waals surface area contributed by atoms with Crippen LogP contribution in [0.25, 0.3) is 0 Å². The van der Waals surface area contributed by atoms with Gasteiger partial charge in [0.25, 0.3) is 0 Å². The Kier molecular flexibility index (Phi) is 5.58. The van der Waals surface area contributed by atoms with E-state index in [4.69, 9.17) is 5.84 Å². The van der Waals surface area contributed by atoms with Gasteiger partial charge in [0.2, 0.25) is 0 Å². The summed E-state index contributed by atoms with van der Waals surface area (Å²) in [7, 11) is 2.06. The van der Waals surface area contributed by atoms with E-state index in [0.717, 1.165) is 24.9 Å². The minimum Gasteiger partial charge on any atom is -0.299 e. The number of nitrogens with zero attached hydrogens (tertiary/aromatic N) is 2. The molecule has 1 aliphatic rings. The number of hydrazine groups is 1. The second-order valence-electron chi connectivity index (χ2n) is 4.96. The molecule has 2 rings (SSSR count). The van der Waals surface area contributed by atoms with Gasteiger partial charge < -0.3 is 0 Å². The number of hydrogen-bond donors (Lipinski definition) is 1. The maximum Gasteiger partial charge on any atom is 0.173 e. The van der Waals surface area contributed by atoms with Crippen LogP contribution in [-0.4, -0.2) is 18.5 Å². The lowest BCUT2D eigenvalue weighted by molar-refractivity contribution is 0.509. The van der Waals surface area contributed by atoms with Crippen LogP contribution >= 0.6 is 0 Å². The number of allylic oxidation sites excluding steroid dienone is 2. The second kappa shape index (κ2) is 7.65. The van der Waals surface area contributed by atoms with Gasteiger partial charge in [0.15, 0.2) is 7.28 Å². The maximum atomic E-state index is 6.12. The number of benzene rings is 1. The molecule has 0 unspecified atom stereocenters. The number of aliphatic imine (C=N–C) groups is 1. The van der Waals surface area contributed by atoms with Crippen molar-refractivity contribution < 1.29 is 0 Å². The summed E-state index contributed by atoms with van der Waals surface area (Å²) in [6.07, 6.45) is 9.79. The smallest absolute Gasteiger partial charge is 0.173 e. The highest BCUT2D eigenvalue weighted by Crippen LogP contribution is 2.27. The summed E-state index contributed by atoms with van der Waals surface area (Å²) in [4.78, 5) is 4.05. The minimum absolute atomic E-state index is 0.966. The van der Waals surface area contributed by atoms with Crippen LogP contribution in [0, 0.1) is 0 Å². The first-order valence-corrected chi connectivity index (χ1v) is 7.19. The summed E-state index contributed by atoms with van der Waals surface area (Å²) in [6, 6.07) is 8.62. The summed E-state index contributed by atoms with van der Waals surface area (Å²) in [5.74, 6) is 6.12. The molecule has 0 aromatic heterocycles. The van der Waals surface area contributed by atoms with Gasteiger partial charge in [-0.05, 0) is 36.0 Å². The second-order valence-corrected chi connectivity index (χ2v) is 4.96. The van der Waals surface area contributed by atoms with E-state index in [1.165, 1.54) is 16.7 Å². The van der Waals surface area contributed by atoms with E-state index in [1.54, 1.807) is 29.7 Å². The fourth-order valence-corrected chi connectivity index (χ4v) is 2.63. The summed E-state index contributed by atoms with van der Waals surface area (Å²) >= 11 is 0. The third-order valence-corrected chi connectivity index (χ3v) is 3.64. The fourth-order valence-electron chi connectivity index (χ4n) is 2.63. The lowest BCUT2D eigenvalue weighted by Gasteiger charge is -2.26. The average molecular weight is 278 g/mol. The zero-order valence-corrected chi connectivity index (χ0v) is 12.5. The van der Waals surface area contributed by atoms with Crippen molar-refractivity contribution in [2.75, 3.05) is 0 Å². The molecule has 2 N–H and O–H groups in total. The molecule has 0 saturated carbocycles. The molecular weight excluding hydrogens is 257 g/mol. The maximum absolute atomic E-state index is 6.12. The summed E-state index contributed by atoms with van der Waals surface area (Å²) < 4.78 is 0. The van der Waals surface area contributed by atoms with Gasteiger partial charge in [0.1, 0.15) is 0 Å². The molecular formula is C17H21BN3. The highest BCUT2D eigenvalue weighted by atomic mass is 15.4. The van der Waals surface area contributed by atoms with Crippen molar-refractivity contribution in [2.45, 2.75) is 26.1 Å². The molecule has 0 heterocycles. The Hall–Kier alpha value is -2.07. The zero-order chi connectivity index (χ0) is 15.1. The highest BCUT2D eigenvalue weighted by Gasteiger charge is 2.16. The Morgan fingerprint density at radius 1 is 1.33 bits per heavy atom. The average Bonchev–Trinajstić information content (AvgIpc) is 2.52. The van der Waals surface area contributed by atoms with Crippen LogP contribution in [0.2, 0.25) is 6.82 Å². The monoisotopic (exact) mass is 278 g/mol. The van der Waals surface area contributed by atoms with Crippen LogP contribution in [0.4, 0.5) is 0 Å². The summed E-state index contributed by atoms with van der Waals surface area (Å²) in [6.45, 7) is 5.60. The van der Waals surface area contributed by atoms with Gasteiger partial charge in [0, 0.05) is 18.6 Å². The SMILES string of the molecule is C=CC=N/C=C\N(N)/C([B]C)=C1/CCc2ccccc2C1. The van der Waals surface area contributed by atoms with E-state index in [9.17, 15) is 0 Å². The van der Waals surface area contributed by atoms with Crippen molar-refractivity contribution in [3.05, 3.63) is 71.6 Å². The number of fused-ring (bicyclic) bond motifs is 1. The molecule has 3 nitrogen and oxygen atoms in total. The van der Waals surface area contributed by atoms with E-state index < -0.39 is 0 Å². The first-order chi connectivity index (χ1) is 10.3. The molecule has 107 valence electrons. The van der Waals surface area contributed by atoms with Crippen molar-refractivity contribution in [1.82, 2.24) is 5.01 Å². The predicted molar refractivity (Wildman–Crippen MR) is 91.0 cm³/mol. The molecule has 4 heteroatoms. The number of nitrogens with two attached hydrogens (primary N) is 1. The molecule has 0 fully saturated rings. The van der Waals surface area contributed by atoms with E-state index in [2.05, 4.69) is 43.1 Å². The molecule has 21 heavy (non-hydrogen) atoms. The van der Waals surface area contributed by atoms with Crippen molar-refractivity contribution in [2.24, 2.45) is 10.8 Å². The van der Waals surface area contributed by atoms with Gasteiger partial charge in [-0.25, -0.2) is 5.84 Å². The predicted octanol–water partition coefficient (Wildman–Crippen LogP) is 3.04. The van der Waals surface area contributed by atoms with E-state index in [0.29, 0.717) is 0 Å². The molecule has 1 radical (unpaired) electrons. The zero-order valence-electron chi connectivity index (χ0n) is 12.5. The van der Waals surface area contributed by atoms with Gasteiger partial charge in [-0.3, -0.25) is 10.0 Å². The van der Waals surface area contributed by atoms with Gasteiger partial charge in [-0.1, -0.05) is 49.3 Å². The summed E-state index contributed by atoms with van der Waals surface area (Å²) in [5.41, 5.74) is 5.29. The number of hydrogen-bond acceptors (Lipinski definition) is 3. The van der Waals surface area contributed by atoms with Crippen LogP contribution in [0.5, 0.6) is 0 Å². The largest absolute Gasteiger partial charge is 0.299 e. The van der Waals surface area contributed by atoms with Crippen molar-refractivity contribution in [3.8, 4) is 0 Å². The normalized spacial score (nSPS) is 16.9. The molecule has 0 saturated heterocycles. The Morgan fingerprint density at radius 2 is 2.10 bits per heavy atom.